The maximum Gasteiger partial charge on any atom is 0.122 e. The molecule has 2 heterocycles. The molecule has 0 saturated heterocycles. The first-order chi connectivity index (χ1) is 10.3. The number of nitrogens with zero attached hydrogens (tertiary/aromatic N) is 1. The normalized spacial score (nSPS) is 17.3. The fraction of sp³-hybridized carbons (Fsp3) is 0.471. The van der Waals surface area contributed by atoms with Gasteiger partial charge >= 0.3 is 0 Å². The molecule has 0 aliphatic carbocycles. The maximum absolute atomic E-state index is 5.89. The van der Waals surface area contributed by atoms with Gasteiger partial charge in [-0.25, -0.2) is 4.98 Å². The van der Waals surface area contributed by atoms with Gasteiger partial charge in [0.05, 0.1) is 17.3 Å². The molecule has 1 aromatic carbocycles. The Morgan fingerprint density at radius 3 is 3.10 bits per heavy atom. The summed E-state index contributed by atoms with van der Waals surface area (Å²) in [4.78, 5) is 6.14. The molecule has 0 radical (unpaired) electrons. The SMILES string of the molecule is CCCNCc1sc(C2COc3ccccc3C2)nc1C. The summed E-state index contributed by atoms with van der Waals surface area (Å²) < 4.78 is 5.89. The Hall–Kier alpha value is -1.39. The van der Waals surface area contributed by atoms with Crippen molar-refractivity contribution < 1.29 is 4.74 Å². The average molecular weight is 302 g/mol. The number of hydrogen-bond donors (Lipinski definition) is 1. The van der Waals surface area contributed by atoms with E-state index in [4.69, 9.17) is 9.72 Å². The van der Waals surface area contributed by atoms with Gasteiger partial charge in [0.15, 0.2) is 0 Å². The van der Waals surface area contributed by atoms with Crippen molar-refractivity contribution in [3.63, 3.8) is 0 Å². The summed E-state index contributed by atoms with van der Waals surface area (Å²) in [7, 11) is 0. The monoisotopic (exact) mass is 302 g/mol. The van der Waals surface area contributed by atoms with Crippen LogP contribution >= 0.6 is 11.3 Å². The van der Waals surface area contributed by atoms with Crippen molar-refractivity contribution in [1.29, 1.82) is 0 Å². The average Bonchev–Trinajstić information content (AvgIpc) is 2.88. The van der Waals surface area contributed by atoms with Gasteiger partial charge in [0, 0.05) is 17.3 Å². The third kappa shape index (κ3) is 3.27. The van der Waals surface area contributed by atoms with E-state index in [-0.39, 0.29) is 0 Å². The third-order valence-corrected chi connectivity index (χ3v) is 5.17. The summed E-state index contributed by atoms with van der Waals surface area (Å²) in [6.45, 7) is 7.04. The Labute approximate surface area is 130 Å². The van der Waals surface area contributed by atoms with E-state index in [2.05, 4.69) is 37.4 Å². The highest BCUT2D eigenvalue weighted by molar-refractivity contribution is 7.11. The number of fused-ring (bicyclic) bond motifs is 1. The Morgan fingerprint density at radius 2 is 2.24 bits per heavy atom. The molecule has 0 fully saturated rings. The van der Waals surface area contributed by atoms with Gasteiger partial charge < -0.3 is 10.1 Å². The van der Waals surface area contributed by atoms with Crippen molar-refractivity contribution in [2.45, 2.75) is 39.2 Å². The third-order valence-electron chi connectivity index (χ3n) is 3.85. The van der Waals surface area contributed by atoms with Crippen LogP contribution in [-0.2, 0) is 13.0 Å². The molecule has 0 saturated carbocycles. The Morgan fingerprint density at radius 1 is 1.38 bits per heavy atom. The molecule has 3 rings (SSSR count). The molecule has 1 aliphatic heterocycles. The molecule has 1 N–H and O–H groups in total. The standard InChI is InChI=1S/C17H22N2OS/c1-3-8-18-10-16-12(2)19-17(21-16)14-9-13-6-4-5-7-15(13)20-11-14/h4-7,14,18H,3,8-11H2,1-2H3. The fourth-order valence-corrected chi connectivity index (χ4v) is 3.78. The van der Waals surface area contributed by atoms with E-state index in [1.54, 1.807) is 0 Å². The molecule has 1 unspecified atom stereocenters. The molecule has 4 heteroatoms. The zero-order valence-corrected chi connectivity index (χ0v) is 13.5. The molecular formula is C17H22N2OS. The number of nitrogens with one attached hydrogen (secondary N) is 1. The van der Waals surface area contributed by atoms with E-state index in [9.17, 15) is 0 Å². The van der Waals surface area contributed by atoms with Gasteiger partial charge in [0.1, 0.15) is 5.75 Å². The van der Waals surface area contributed by atoms with E-state index in [0.29, 0.717) is 5.92 Å². The number of para-hydroxylation sites is 1. The smallest absolute Gasteiger partial charge is 0.122 e. The van der Waals surface area contributed by atoms with E-state index in [0.717, 1.165) is 44.0 Å². The lowest BCUT2D eigenvalue weighted by Gasteiger charge is -2.23. The van der Waals surface area contributed by atoms with Crippen LogP contribution in [0.25, 0.3) is 0 Å². The number of rotatable bonds is 5. The molecule has 3 nitrogen and oxygen atoms in total. The first kappa shape index (κ1) is 14.5. The Balaban J connectivity index is 1.72. The summed E-state index contributed by atoms with van der Waals surface area (Å²) in [5.41, 5.74) is 2.46. The minimum Gasteiger partial charge on any atom is -0.493 e. The van der Waals surface area contributed by atoms with Crippen LogP contribution in [0.2, 0.25) is 0 Å². The summed E-state index contributed by atoms with van der Waals surface area (Å²) in [5.74, 6) is 1.43. The second kappa shape index (κ2) is 6.58. The molecule has 1 aromatic heterocycles. The Bertz CT molecular complexity index is 609. The van der Waals surface area contributed by atoms with Crippen molar-refractivity contribution in [1.82, 2.24) is 10.3 Å². The lowest BCUT2D eigenvalue weighted by molar-refractivity contribution is 0.262. The van der Waals surface area contributed by atoms with Gasteiger partial charge in [-0.15, -0.1) is 11.3 Å². The number of hydrogen-bond acceptors (Lipinski definition) is 4. The summed E-state index contributed by atoms with van der Waals surface area (Å²) >= 11 is 1.84. The molecule has 0 amide bonds. The molecular weight excluding hydrogens is 280 g/mol. The van der Waals surface area contributed by atoms with E-state index >= 15 is 0 Å². The van der Waals surface area contributed by atoms with E-state index < -0.39 is 0 Å². The maximum atomic E-state index is 5.89. The highest BCUT2D eigenvalue weighted by Crippen LogP contribution is 2.34. The van der Waals surface area contributed by atoms with Crippen LogP contribution in [0.3, 0.4) is 0 Å². The van der Waals surface area contributed by atoms with Crippen LogP contribution in [0.15, 0.2) is 24.3 Å². The molecule has 112 valence electrons. The number of thiazole rings is 1. The van der Waals surface area contributed by atoms with Crippen LogP contribution in [0.1, 0.15) is 40.4 Å². The fourth-order valence-electron chi connectivity index (χ4n) is 2.65. The summed E-state index contributed by atoms with van der Waals surface area (Å²) in [6, 6.07) is 8.33. The Kier molecular flexibility index (Phi) is 4.56. The number of ether oxygens (including phenoxy) is 1. The van der Waals surface area contributed by atoms with Crippen LogP contribution in [-0.4, -0.2) is 18.1 Å². The molecule has 1 atom stereocenters. The van der Waals surface area contributed by atoms with Gasteiger partial charge in [-0.3, -0.25) is 0 Å². The van der Waals surface area contributed by atoms with Crippen LogP contribution in [0.5, 0.6) is 5.75 Å². The minimum absolute atomic E-state index is 0.392. The summed E-state index contributed by atoms with van der Waals surface area (Å²) in [6.07, 6.45) is 2.20. The van der Waals surface area contributed by atoms with E-state index in [1.165, 1.54) is 15.4 Å². The highest BCUT2D eigenvalue weighted by Gasteiger charge is 2.24. The molecule has 1 aliphatic rings. The van der Waals surface area contributed by atoms with Crippen molar-refractivity contribution in [3.05, 3.63) is 45.4 Å². The second-order valence-electron chi connectivity index (χ2n) is 5.56. The topological polar surface area (TPSA) is 34.1 Å². The largest absolute Gasteiger partial charge is 0.493 e. The molecule has 0 bridgehead atoms. The lowest BCUT2D eigenvalue weighted by Crippen LogP contribution is -2.18. The molecule has 21 heavy (non-hydrogen) atoms. The highest BCUT2D eigenvalue weighted by atomic mass is 32.1. The zero-order chi connectivity index (χ0) is 14.7. The van der Waals surface area contributed by atoms with Gasteiger partial charge in [-0.2, -0.15) is 0 Å². The van der Waals surface area contributed by atoms with Crippen LogP contribution in [0, 0.1) is 6.92 Å². The minimum atomic E-state index is 0.392. The van der Waals surface area contributed by atoms with Gasteiger partial charge in [-0.1, -0.05) is 25.1 Å². The quantitative estimate of drug-likeness (QED) is 0.856. The van der Waals surface area contributed by atoms with E-state index in [1.807, 2.05) is 17.4 Å². The first-order valence-electron chi connectivity index (χ1n) is 7.65. The van der Waals surface area contributed by atoms with Crippen molar-refractivity contribution in [2.75, 3.05) is 13.2 Å². The number of aromatic nitrogens is 1. The van der Waals surface area contributed by atoms with Crippen molar-refractivity contribution in [3.8, 4) is 5.75 Å². The van der Waals surface area contributed by atoms with Gasteiger partial charge in [-0.05, 0) is 37.9 Å². The van der Waals surface area contributed by atoms with Crippen molar-refractivity contribution >= 4 is 11.3 Å². The van der Waals surface area contributed by atoms with Crippen LogP contribution < -0.4 is 10.1 Å². The van der Waals surface area contributed by atoms with Gasteiger partial charge in [0.25, 0.3) is 0 Å². The summed E-state index contributed by atoms with van der Waals surface area (Å²) in [5, 5.41) is 4.68. The molecule has 0 spiro atoms. The zero-order valence-electron chi connectivity index (χ0n) is 12.7. The van der Waals surface area contributed by atoms with Gasteiger partial charge in [0.2, 0.25) is 0 Å². The number of aryl methyl sites for hydroxylation is 1. The van der Waals surface area contributed by atoms with Crippen molar-refractivity contribution in [2.24, 2.45) is 0 Å². The molecule has 2 aromatic rings. The number of benzene rings is 1. The lowest BCUT2D eigenvalue weighted by atomic mass is 9.97. The first-order valence-corrected chi connectivity index (χ1v) is 8.47. The predicted molar refractivity (Wildman–Crippen MR) is 87.2 cm³/mol. The predicted octanol–water partition coefficient (Wildman–Crippen LogP) is 3.67. The van der Waals surface area contributed by atoms with Crippen LogP contribution in [0.4, 0.5) is 0 Å². The second-order valence-corrected chi connectivity index (χ2v) is 6.67.